The number of benzene rings is 3. The third-order valence-corrected chi connectivity index (χ3v) is 9.43. The molecule has 2 heterocycles. The molecule has 3 aromatic carbocycles. The maximum absolute atomic E-state index is 2.67. The Kier molecular flexibility index (Phi) is 6.49. The summed E-state index contributed by atoms with van der Waals surface area (Å²) >= 11 is 0. The molecule has 0 N–H and O–H groups in total. The molecule has 3 aliphatic rings. The van der Waals surface area contributed by atoms with Crippen LogP contribution < -0.4 is 9.80 Å². The van der Waals surface area contributed by atoms with Crippen LogP contribution in [0.3, 0.4) is 0 Å². The van der Waals surface area contributed by atoms with E-state index in [1.165, 1.54) is 81.9 Å². The van der Waals surface area contributed by atoms with Gasteiger partial charge in [-0.2, -0.15) is 0 Å². The average Bonchev–Trinajstić information content (AvgIpc) is 3.49. The highest BCUT2D eigenvalue weighted by atomic mass is 15.2. The number of unbranched alkanes of at least 4 members (excludes halogenated alkanes) is 2. The molecule has 0 aromatic heterocycles. The molecule has 39 heavy (non-hydrogen) atoms. The van der Waals surface area contributed by atoms with Gasteiger partial charge in [-0.05, 0) is 58.4 Å². The summed E-state index contributed by atoms with van der Waals surface area (Å²) in [5.74, 6) is 0. The van der Waals surface area contributed by atoms with E-state index in [9.17, 15) is 0 Å². The highest BCUT2D eigenvalue weighted by molar-refractivity contribution is 5.99. The highest BCUT2D eigenvalue weighted by Crippen LogP contribution is 2.58. The van der Waals surface area contributed by atoms with Gasteiger partial charge in [-0.15, -0.1) is 0 Å². The fraction of sp³-hybridized carbons (Fsp3) is 0.405. The van der Waals surface area contributed by atoms with Crippen molar-refractivity contribution in [2.75, 3.05) is 22.9 Å². The lowest BCUT2D eigenvalue weighted by molar-refractivity contribution is 0.622. The SMILES string of the molecule is CCCCN1C(=C2CC(=C3N(CCCC)c4ccccc4C3(C)C)c3ccccc32)C(C)(C)c2ccccc21. The van der Waals surface area contributed by atoms with Gasteiger partial charge in [0.1, 0.15) is 0 Å². The summed E-state index contributed by atoms with van der Waals surface area (Å²) in [7, 11) is 0. The second-order valence-corrected chi connectivity index (χ2v) is 12.7. The standard InChI is InChI=1S/C37H44N2/c1-7-9-23-38-32-21-15-13-19-30(32)36(3,4)34(38)28-25-29(27-18-12-11-17-26(27)28)35-37(5,6)31-20-14-16-22-33(31)39(35)24-10-8-2/h11-22H,7-10,23-25H2,1-6H3. The third-order valence-electron chi connectivity index (χ3n) is 9.43. The van der Waals surface area contributed by atoms with E-state index in [1.807, 2.05) is 0 Å². The van der Waals surface area contributed by atoms with Gasteiger partial charge in [0.05, 0.1) is 0 Å². The molecule has 2 aliphatic heterocycles. The molecule has 0 unspecified atom stereocenters. The molecule has 0 atom stereocenters. The molecule has 0 bridgehead atoms. The maximum atomic E-state index is 2.67. The normalized spacial score (nSPS) is 22.3. The summed E-state index contributed by atoms with van der Waals surface area (Å²) in [6, 6.07) is 27.5. The Morgan fingerprint density at radius 3 is 1.36 bits per heavy atom. The lowest BCUT2D eigenvalue weighted by atomic mass is 9.80. The zero-order valence-electron chi connectivity index (χ0n) is 24.8. The second kappa shape index (κ2) is 9.73. The van der Waals surface area contributed by atoms with E-state index in [0.29, 0.717) is 0 Å². The van der Waals surface area contributed by atoms with Crippen LogP contribution in [-0.4, -0.2) is 13.1 Å². The van der Waals surface area contributed by atoms with Crippen LogP contribution in [0.4, 0.5) is 11.4 Å². The molecule has 1 aliphatic carbocycles. The minimum atomic E-state index is -0.0387. The van der Waals surface area contributed by atoms with Crippen LogP contribution in [-0.2, 0) is 10.8 Å². The second-order valence-electron chi connectivity index (χ2n) is 12.7. The summed E-state index contributed by atoms with van der Waals surface area (Å²) in [5.41, 5.74) is 14.6. The van der Waals surface area contributed by atoms with Gasteiger partial charge in [-0.1, -0.05) is 115 Å². The Labute approximate surface area is 236 Å². The molecule has 202 valence electrons. The van der Waals surface area contributed by atoms with Gasteiger partial charge in [0, 0.05) is 53.1 Å². The van der Waals surface area contributed by atoms with Gasteiger partial charge < -0.3 is 9.80 Å². The number of para-hydroxylation sites is 2. The molecule has 0 saturated heterocycles. The van der Waals surface area contributed by atoms with E-state index in [0.717, 1.165) is 19.5 Å². The molecule has 2 heteroatoms. The Hall–Kier alpha value is -3.26. The van der Waals surface area contributed by atoms with Gasteiger partial charge in [-0.3, -0.25) is 0 Å². The summed E-state index contributed by atoms with van der Waals surface area (Å²) in [5, 5.41) is 0. The van der Waals surface area contributed by atoms with Crippen molar-refractivity contribution in [1.82, 2.24) is 0 Å². The quantitative estimate of drug-likeness (QED) is 0.322. The van der Waals surface area contributed by atoms with Crippen molar-refractivity contribution in [2.45, 2.75) is 84.5 Å². The van der Waals surface area contributed by atoms with Crippen molar-refractivity contribution >= 4 is 22.5 Å². The average molecular weight is 517 g/mol. The van der Waals surface area contributed by atoms with Crippen molar-refractivity contribution in [1.29, 1.82) is 0 Å². The minimum Gasteiger partial charge on any atom is -0.344 e. The van der Waals surface area contributed by atoms with Crippen LogP contribution in [0.1, 0.15) is 95.9 Å². The number of anilines is 2. The molecule has 2 nitrogen and oxygen atoms in total. The van der Waals surface area contributed by atoms with Gasteiger partial charge in [-0.25, -0.2) is 0 Å². The van der Waals surface area contributed by atoms with Crippen LogP contribution in [0.2, 0.25) is 0 Å². The van der Waals surface area contributed by atoms with Crippen LogP contribution in [0.15, 0.2) is 84.2 Å². The molecule has 0 radical (unpaired) electrons. The monoisotopic (exact) mass is 516 g/mol. The number of hydrogen-bond acceptors (Lipinski definition) is 2. The Balaban J connectivity index is 1.60. The predicted molar refractivity (Wildman–Crippen MR) is 168 cm³/mol. The third kappa shape index (κ3) is 3.90. The first-order chi connectivity index (χ1) is 18.8. The van der Waals surface area contributed by atoms with Crippen LogP contribution >= 0.6 is 0 Å². The Morgan fingerprint density at radius 1 is 0.564 bits per heavy atom. The molecule has 0 saturated carbocycles. The first kappa shape index (κ1) is 26.0. The summed E-state index contributed by atoms with van der Waals surface area (Å²) < 4.78 is 0. The number of fused-ring (bicyclic) bond motifs is 3. The molecule has 6 rings (SSSR count). The number of allylic oxidation sites excluding steroid dienone is 4. The van der Waals surface area contributed by atoms with E-state index in [4.69, 9.17) is 0 Å². The first-order valence-electron chi connectivity index (χ1n) is 15.1. The molecule has 0 spiro atoms. The highest BCUT2D eigenvalue weighted by Gasteiger charge is 2.46. The molecular weight excluding hydrogens is 472 g/mol. The minimum absolute atomic E-state index is 0.0387. The number of hydrogen-bond donors (Lipinski definition) is 0. The van der Waals surface area contributed by atoms with Crippen LogP contribution in [0.25, 0.3) is 11.1 Å². The fourth-order valence-corrected chi connectivity index (χ4v) is 7.62. The zero-order valence-corrected chi connectivity index (χ0v) is 24.8. The lowest BCUT2D eigenvalue weighted by Gasteiger charge is -2.31. The van der Waals surface area contributed by atoms with E-state index in [1.54, 1.807) is 0 Å². The summed E-state index contributed by atoms with van der Waals surface area (Å²) in [4.78, 5) is 5.34. The van der Waals surface area contributed by atoms with Gasteiger partial charge in [0.15, 0.2) is 0 Å². The Morgan fingerprint density at radius 2 is 0.949 bits per heavy atom. The molecule has 3 aromatic rings. The molecular formula is C37H44N2. The number of nitrogens with zero attached hydrogens (tertiary/aromatic N) is 2. The van der Waals surface area contributed by atoms with Crippen molar-refractivity contribution in [2.24, 2.45) is 0 Å². The smallest absolute Gasteiger partial charge is 0.0450 e. The van der Waals surface area contributed by atoms with Crippen molar-refractivity contribution in [3.63, 3.8) is 0 Å². The fourth-order valence-electron chi connectivity index (χ4n) is 7.62. The maximum Gasteiger partial charge on any atom is 0.0450 e. The van der Waals surface area contributed by atoms with Crippen molar-refractivity contribution in [3.8, 4) is 0 Å². The Bertz CT molecular complexity index is 1360. The molecule has 0 fully saturated rings. The van der Waals surface area contributed by atoms with Crippen molar-refractivity contribution < 1.29 is 0 Å². The van der Waals surface area contributed by atoms with E-state index < -0.39 is 0 Å². The van der Waals surface area contributed by atoms with Crippen molar-refractivity contribution in [3.05, 3.63) is 106 Å². The molecule has 0 amide bonds. The topological polar surface area (TPSA) is 6.48 Å². The van der Waals surface area contributed by atoms with Gasteiger partial charge in [0.2, 0.25) is 0 Å². The van der Waals surface area contributed by atoms with Crippen LogP contribution in [0, 0.1) is 0 Å². The van der Waals surface area contributed by atoms with Crippen LogP contribution in [0.5, 0.6) is 0 Å². The summed E-state index contributed by atoms with van der Waals surface area (Å²) in [6.07, 6.45) is 5.79. The lowest BCUT2D eigenvalue weighted by Crippen LogP contribution is -2.29. The largest absolute Gasteiger partial charge is 0.344 e. The predicted octanol–water partition coefficient (Wildman–Crippen LogP) is 9.71. The van der Waals surface area contributed by atoms with Gasteiger partial charge >= 0.3 is 0 Å². The summed E-state index contributed by atoms with van der Waals surface area (Å²) in [6.45, 7) is 16.5. The van der Waals surface area contributed by atoms with E-state index in [-0.39, 0.29) is 10.8 Å². The zero-order chi connectivity index (χ0) is 27.4. The van der Waals surface area contributed by atoms with E-state index >= 15 is 0 Å². The number of rotatable bonds is 6. The van der Waals surface area contributed by atoms with E-state index in [2.05, 4.69) is 124 Å². The van der Waals surface area contributed by atoms with Gasteiger partial charge in [0.25, 0.3) is 0 Å². The first-order valence-corrected chi connectivity index (χ1v) is 15.1.